The predicted octanol–water partition coefficient (Wildman–Crippen LogP) is 2.90. The van der Waals surface area contributed by atoms with Gasteiger partial charge in [0.05, 0.1) is 19.9 Å². The van der Waals surface area contributed by atoms with Gasteiger partial charge in [0.2, 0.25) is 0 Å². The van der Waals surface area contributed by atoms with Gasteiger partial charge in [-0.05, 0) is 42.7 Å². The van der Waals surface area contributed by atoms with E-state index in [2.05, 4.69) is 5.32 Å². The van der Waals surface area contributed by atoms with Gasteiger partial charge in [-0.1, -0.05) is 0 Å². The first-order chi connectivity index (χ1) is 11.9. The lowest BCUT2D eigenvalue weighted by atomic mass is 9.99. The van der Waals surface area contributed by atoms with Gasteiger partial charge in [0.25, 0.3) is 5.91 Å². The van der Waals surface area contributed by atoms with E-state index in [9.17, 15) is 9.90 Å². The number of rotatable bonds is 3. The zero-order valence-corrected chi connectivity index (χ0v) is 15.0. The number of anilines is 1. The number of hydrogen-bond acceptors (Lipinski definition) is 5. The first kappa shape index (κ1) is 17.0. The van der Waals surface area contributed by atoms with Crippen LogP contribution in [0.15, 0.2) is 24.3 Å². The van der Waals surface area contributed by atoms with E-state index in [4.69, 9.17) is 9.47 Å². The molecular formula is C19H22N2O4. The summed E-state index contributed by atoms with van der Waals surface area (Å²) in [6.45, 7) is 3.69. The van der Waals surface area contributed by atoms with Crippen LogP contribution in [-0.2, 0) is 0 Å². The summed E-state index contributed by atoms with van der Waals surface area (Å²) in [5.74, 6) is 1.16. The highest BCUT2D eigenvalue weighted by Crippen LogP contribution is 2.40. The first-order valence-corrected chi connectivity index (χ1v) is 7.97. The van der Waals surface area contributed by atoms with Crippen LogP contribution >= 0.6 is 0 Å². The fraction of sp³-hybridized carbons (Fsp3) is 0.316. The van der Waals surface area contributed by atoms with Crippen molar-refractivity contribution >= 4 is 11.6 Å². The van der Waals surface area contributed by atoms with E-state index in [0.29, 0.717) is 17.1 Å². The Labute approximate surface area is 147 Å². The van der Waals surface area contributed by atoms with Crippen molar-refractivity contribution in [2.45, 2.75) is 20.0 Å². The minimum Gasteiger partial charge on any atom is -0.507 e. The molecule has 3 rings (SSSR count). The van der Waals surface area contributed by atoms with Crippen molar-refractivity contribution in [3.05, 3.63) is 46.5 Å². The van der Waals surface area contributed by atoms with E-state index < -0.39 is 0 Å². The number of nitrogens with one attached hydrogen (secondary N) is 1. The van der Waals surface area contributed by atoms with Gasteiger partial charge in [-0.15, -0.1) is 0 Å². The zero-order chi connectivity index (χ0) is 18.3. The predicted molar refractivity (Wildman–Crippen MR) is 95.7 cm³/mol. The average molecular weight is 342 g/mol. The molecule has 1 aliphatic rings. The lowest BCUT2D eigenvalue weighted by Crippen LogP contribution is -2.44. The lowest BCUT2D eigenvalue weighted by molar-refractivity contribution is 0.0924. The summed E-state index contributed by atoms with van der Waals surface area (Å²) in [4.78, 5) is 14.7. The fourth-order valence-corrected chi connectivity index (χ4v) is 3.25. The van der Waals surface area contributed by atoms with Crippen molar-refractivity contribution in [2.24, 2.45) is 0 Å². The van der Waals surface area contributed by atoms with Crippen molar-refractivity contribution in [2.75, 3.05) is 26.2 Å². The number of carbonyl (C=O) groups is 1. The van der Waals surface area contributed by atoms with Gasteiger partial charge >= 0.3 is 0 Å². The largest absolute Gasteiger partial charge is 0.507 e. The van der Waals surface area contributed by atoms with Crippen molar-refractivity contribution < 1.29 is 19.4 Å². The van der Waals surface area contributed by atoms with Gasteiger partial charge in [0.15, 0.2) is 0 Å². The van der Waals surface area contributed by atoms with Crippen LogP contribution in [0.3, 0.4) is 0 Å². The molecule has 6 nitrogen and oxygen atoms in total. The van der Waals surface area contributed by atoms with Crippen LogP contribution < -0.4 is 19.7 Å². The summed E-state index contributed by atoms with van der Waals surface area (Å²) in [5, 5.41) is 13.0. The molecule has 2 aromatic carbocycles. The first-order valence-electron chi connectivity index (χ1n) is 7.97. The standard InChI is InChI=1S/C19H22N2O4/c1-10-6-12(7-11(2)17(10)22)18-20-19(23)16-14(21(18)3)8-13(24-4)9-15(16)25-5/h6-9,18,22H,1-5H3,(H,20,23). The number of carbonyl (C=O) groups excluding carboxylic acids is 1. The number of fused-ring (bicyclic) bond motifs is 1. The van der Waals surface area contributed by atoms with Gasteiger partial charge in [0.1, 0.15) is 29.0 Å². The molecule has 0 saturated heterocycles. The molecule has 0 saturated carbocycles. The maximum Gasteiger partial charge on any atom is 0.259 e. The summed E-state index contributed by atoms with van der Waals surface area (Å²) in [6.07, 6.45) is -0.352. The molecule has 0 fully saturated rings. The average Bonchev–Trinajstić information content (AvgIpc) is 2.61. The molecule has 132 valence electrons. The van der Waals surface area contributed by atoms with Crippen molar-refractivity contribution in [1.82, 2.24) is 5.32 Å². The van der Waals surface area contributed by atoms with E-state index in [0.717, 1.165) is 22.4 Å². The fourth-order valence-electron chi connectivity index (χ4n) is 3.25. The molecule has 1 atom stereocenters. The van der Waals surface area contributed by atoms with Crippen molar-refractivity contribution in [3.63, 3.8) is 0 Å². The Morgan fingerprint density at radius 3 is 2.28 bits per heavy atom. The summed E-state index contributed by atoms with van der Waals surface area (Å²) in [5.41, 5.74) is 3.65. The topological polar surface area (TPSA) is 71.0 Å². The maximum absolute atomic E-state index is 12.7. The lowest BCUT2D eigenvalue weighted by Gasteiger charge is -2.37. The number of aromatic hydroxyl groups is 1. The molecule has 1 amide bonds. The van der Waals surface area contributed by atoms with E-state index in [1.807, 2.05) is 44.0 Å². The second-order valence-electron chi connectivity index (χ2n) is 6.21. The van der Waals surface area contributed by atoms with Crippen LogP contribution in [0.4, 0.5) is 5.69 Å². The van der Waals surface area contributed by atoms with E-state index in [1.54, 1.807) is 13.2 Å². The highest BCUT2D eigenvalue weighted by Gasteiger charge is 2.33. The van der Waals surface area contributed by atoms with Crippen molar-refractivity contribution in [3.8, 4) is 17.2 Å². The summed E-state index contributed by atoms with van der Waals surface area (Å²) in [7, 11) is 5.01. The van der Waals surface area contributed by atoms with Gasteiger partial charge in [-0.3, -0.25) is 4.79 Å². The van der Waals surface area contributed by atoms with Crippen LogP contribution in [0.2, 0.25) is 0 Å². The van der Waals surface area contributed by atoms with E-state index in [-0.39, 0.29) is 17.8 Å². The molecule has 1 unspecified atom stereocenters. The molecule has 0 spiro atoms. The molecule has 0 aliphatic carbocycles. The van der Waals surface area contributed by atoms with Crippen LogP contribution in [0.1, 0.15) is 33.2 Å². The monoisotopic (exact) mass is 342 g/mol. The summed E-state index contributed by atoms with van der Waals surface area (Å²) in [6, 6.07) is 7.28. The van der Waals surface area contributed by atoms with Crippen molar-refractivity contribution in [1.29, 1.82) is 0 Å². The zero-order valence-electron chi connectivity index (χ0n) is 15.0. The van der Waals surface area contributed by atoms with Crippen LogP contribution in [0.25, 0.3) is 0 Å². The number of amides is 1. The SMILES string of the molecule is COc1cc(OC)c2c(c1)N(C)C(c1cc(C)c(O)c(C)c1)NC2=O. The quantitative estimate of drug-likeness (QED) is 0.897. The van der Waals surface area contributed by atoms with Crippen LogP contribution in [-0.4, -0.2) is 32.3 Å². The molecule has 1 heterocycles. The molecule has 2 aromatic rings. The normalized spacial score (nSPS) is 16.3. The third kappa shape index (κ3) is 2.73. The van der Waals surface area contributed by atoms with Crippen LogP contribution in [0.5, 0.6) is 17.2 Å². The van der Waals surface area contributed by atoms with E-state index >= 15 is 0 Å². The highest BCUT2D eigenvalue weighted by atomic mass is 16.5. The molecule has 0 radical (unpaired) electrons. The Kier molecular flexibility index (Phi) is 4.20. The third-order valence-corrected chi connectivity index (χ3v) is 4.60. The van der Waals surface area contributed by atoms with Gasteiger partial charge in [0, 0.05) is 19.2 Å². The van der Waals surface area contributed by atoms with Crippen LogP contribution in [0, 0.1) is 13.8 Å². The second-order valence-corrected chi connectivity index (χ2v) is 6.21. The highest BCUT2D eigenvalue weighted by molar-refractivity contribution is 6.05. The summed E-state index contributed by atoms with van der Waals surface area (Å²) >= 11 is 0. The molecule has 1 aliphatic heterocycles. The molecule has 25 heavy (non-hydrogen) atoms. The second kappa shape index (κ2) is 6.20. The number of nitrogens with zero attached hydrogens (tertiary/aromatic N) is 1. The molecular weight excluding hydrogens is 320 g/mol. The Morgan fingerprint density at radius 1 is 1.08 bits per heavy atom. The molecule has 2 N–H and O–H groups in total. The molecule has 0 aromatic heterocycles. The van der Waals surface area contributed by atoms with Gasteiger partial charge < -0.3 is 24.8 Å². The number of phenols is 1. The Hall–Kier alpha value is -2.89. The van der Waals surface area contributed by atoms with Gasteiger partial charge in [-0.2, -0.15) is 0 Å². The third-order valence-electron chi connectivity index (χ3n) is 4.60. The molecule has 6 heteroatoms. The number of hydrogen-bond donors (Lipinski definition) is 2. The minimum atomic E-state index is -0.352. The van der Waals surface area contributed by atoms with Gasteiger partial charge in [-0.25, -0.2) is 0 Å². The Bertz CT molecular complexity index is 825. The molecule has 0 bridgehead atoms. The smallest absolute Gasteiger partial charge is 0.259 e. The minimum absolute atomic E-state index is 0.207. The number of methoxy groups -OCH3 is 2. The number of aryl methyl sites for hydroxylation is 2. The Morgan fingerprint density at radius 2 is 1.72 bits per heavy atom. The number of phenolic OH excluding ortho intramolecular Hbond substituents is 1. The summed E-state index contributed by atoms with van der Waals surface area (Å²) < 4.78 is 10.7. The maximum atomic E-state index is 12.7. The number of ether oxygens (including phenoxy) is 2. The number of benzene rings is 2. The Balaban J connectivity index is 2.13. The van der Waals surface area contributed by atoms with E-state index in [1.165, 1.54) is 7.11 Å².